The zero-order chi connectivity index (χ0) is 14.8. The molecule has 0 aromatic carbocycles. The number of hydrogen-bond donors (Lipinski definition) is 2. The van der Waals surface area contributed by atoms with E-state index in [9.17, 15) is 0 Å². The van der Waals surface area contributed by atoms with Gasteiger partial charge in [-0.05, 0) is 55.4 Å². The van der Waals surface area contributed by atoms with E-state index in [1.54, 1.807) is 0 Å². The first-order valence-corrected chi connectivity index (χ1v) is 8.29. The summed E-state index contributed by atoms with van der Waals surface area (Å²) in [7, 11) is 0. The van der Waals surface area contributed by atoms with Gasteiger partial charge in [0.15, 0.2) is 5.11 Å². The van der Waals surface area contributed by atoms with Crippen molar-refractivity contribution in [3.05, 3.63) is 18.3 Å². The lowest BCUT2D eigenvalue weighted by atomic mass is 9.92. The first kappa shape index (κ1) is 14.6. The highest BCUT2D eigenvalue weighted by molar-refractivity contribution is 7.80. The molecule has 2 heterocycles. The Bertz CT molecular complexity index is 488. The van der Waals surface area contributed by atoms with Gasteiger partial charge in [-0.25, -0.2) is 4.98 Å². The maximum Gasteiger partial charge on any atom is 0.171 e. The van der Waals surface area contributed by atoms with Crippen LogP contribution in [0.25, 0.3) is 0 Å². The van der Waals surface area contributed by atoms with Crippen molar-refractivity contribution in [1.82, 2.24) is 10.3 Å². The van der Waals surface area contributed by atoms with Crippen molar-refractivity contribution in [2.24, 2.45) is 11.8 Å². The Labute approximate surface area is 132 Å². The molecule has 0 bridgehead atoms. The van der Waals surface area contributed by atoms with Crippen LogP contribution in [0.5, 0.6) is 0 Å². The molecule has 2 fully saturated rings. The van der Waals surface area contributed by atoms with Crippen LogP contribution in [-0.2, 0) is 0 Å². The van der Waals surface area contributed by atoms with E-state index in [0.29, 0.717) is 11.2 Å². The number of nitrogens with one attached hydrogen (secondary N) is 2. The summed E-state index contributed by atoms with van der Waals surface area (Å²) >= 11 is 5.28. The zero-order valence-corrected chi connectivity index (χ0v) is 13.6. The van der Waals surface area contributed by atoms with E-state index < -0.39 is 0 Å². The van der Waals surface area contributed by atoms with E-state index >= 15 is 0 Å². The number of rotatable bonds is 3. The molecule has 21 heavy (non-hydrogen) atoms. The highest BCUT2D eigenvalue weighted by Crippen LogP contribution is 2.25. The molecule has 2 aliphatic rings. The summed E-state index contributed by atoms with van der Waals surface area (Å²) in [5.41, 5.74) is 0.954. The summed E-state index contributed by atoms with van der Waals surface area (Å²) in [6.07, 6.45) is 5.64. The summed E-state index contributed by atoms with van der Waals surface area (Å²) in [5.74, 6) is 2.55. The topological polar surface area (TPSA) is 40.2 Å². The fraction of sp³-hybridized carbons (Fsp3) is 0.625. The fourth-order valence-electron chi connectivity index (χ4n) is 3.08. The first-order chi connectivity index (χ1) is 10.1. The molecular formula is C16H24N4S. The van der Waals surface area contributed by atoms with Crippen molar-refractivity contribution in [3.63, 3.8) is 0 Å². The van der Waals surface area contributed by atoms with E-state index in [1.165, 1.54) is 19.3 Å². The Hall–Kier alpha value is -1.36. The van der Waals surface area contributed by atoms with Gasteiger partial charge in [-0.1, -0.05) is 13.8 Å². The predicted molar refractivity (Wildman–Crippen MR) is 91.8 cm³/mol. The first-order valence-electron chi connectivity index (χ1n) is 7.88. The minimum atomic E-state index is 0.577. The molecule has 3 rings (SSSR count). The minimum absolute atomic E-state index is 0.577. The number of anilines is 2. The SMILES string of the molecule is C[C@H]1C[C@H](C)CN(c2ccc(NC(=S)NC3CC3)cn2)C1. The van der Waals surface area contributed by atoms with Crippen molar-refractivity contribution in [1.29, 1.82) is 0 Å². The lowest BCUT2D eigenvalue weighted by molar-refractivity contribution is 0.355. The molecule has 1 aromatic rings. The second-order valence-corrected chi connectivity index (χ2v) is 7.04. The summed E-state index contributed by atoms with van der Waals surface area (Å²) in [6, 6.07) is 4.73. The van der Waals surface area contributed by atoms with Gasteiger partial charge in [0.1, 0.15) is 5.82 Å². The van der Waals surface area contributed by atoms with E-state index in [2.05, 4.69) is 46.5 Å². The third-order valence-electron chi connectivity index (χ3n) is 4.11. The Morgan fingerprint density at radius 3 is 2.52 bits per heavy atom. The molecule has 0 amide bonds. The number of pyridine rings is 1. The van der Waals surface area contributed by atoms with E-state index in [0.717, 1.165) is 36.4 Å². The van der Waals surface area contributed by atoms with Crippen molar-refractivity contribution in [3.8, 4) is 0 Å². The molecule has 0 unspecified atom stereocenters. The minimum Gasteiger partial charge on any atom is -0.360 e. The molecule has 0 radical (unpaired) electrons. The lowest BCUT2D eigenvalue weighted by Gasteiger charge is -2.35. The van der Waals surface area contributed by atoms with Crippen LogP contribution in [0.3, 0.4) is 0 Å². The monoisotopic (exact) mass is 304 g/mol. The van der Waals surface area contributed by atoms with Crippen molar-refractivity contribution in [2.75, 3.05) is 23.3 Å². The quantitative estimate of drug-likeness (QED) is 0.840. The average Bonchev–Trinajstić information content (AvgIpc) is 3.22. The van der Waals surface area contributed by atoms with E-state index in [1.807, 2.05) is 6.20 Å². The van der Waals surface area contributed by atoms with Crippen LogP contribution in [0.1, 0.15) is 33.1 Å². The van der Waals surface area contributed by atoms with E-state index in [-0.39, 0.29) is 0 Å². The number of piperidine rings is 1. The van der Waals surface area contributed by atoms with Crippen LogP contribution >= 0.6 is 12.2 Å². The third kappa shape index (κ3) is 4.06. The Balaban J connectivity index is 1.59. The fourth-order valence-corrected chi connectivity index (χ4v) is 3.36. The van der Waals surface area contributed by atoms with Gasteiger partial charge >= 0.3 is 0 Å². The Morgan fingerprint density at radius 2 is 1.95 bits per heavy atom. The highest BCUT2D eigenvalue weighted by atomic mass is 32.1. The maximum atomic E-state index is 5.28. The number of hydrogen-bond acceptors (Lipinski definition) is 3. The van der Waals surface area contributed by atoms with Gasteiger partial charge in [0, 0.05) is 19.1 Å². The highest BCUT2D eigenvalue weighted by Gasteiger charge is 2.23. The standard InChI is InChI=1S/C16H24N4S/c1-11-7-12(2)10-20(9-11)15-6-5-14(8-17-15)19-16(21)18-13-3-4-13/h5-6,8,11-13H,3-4,7,9-10H2,1-2H3,(H2,18,19,21)/t11-,12-/m0/s1. The lowest BCUT2D eigenvalue weighted by Crippen LogP contribution is -2.39. The van der Waals surface area contributed by atoms with Gasteiger partial charge in [0.2, 0.25) is 0 Å². The van der Waals surface area contributed by atoms with Crippen molar-refractivity contribution in [2.45, 2.75) is 39.2 Å². The van der Waals surface area contributed by atoms with Crippen LogP contribution in [0.2, 0.25) is 0 Å². The summed E-state index contributed by atoms with van der Waals surface area (Å²) in [4.78, 5) is 6.99. The molecule has 5 heteroatoms. The molecule has 1 saturated carbocycles. The number of aromatic nitrogens is 1. The molecule has 0 spiro atoms. The van der Waals surface area contributed by atoms with Crippen molar-refractivity contribution < 1.29 is 0 Å². The van der Waals surface area contributed by atoms with Crippen LogP contribution in [0.4, 0.5) is 11.5 Å². The van der Waals surface area contributed by atoms with Crippen molar-refractivity contribution >= 4 is 28.8 Å². The van der Waals surface area contributed by atoms with Crippen LogP contribution < -0.4 is 15.5 Å². The number of thiocarbonyl (C=S) groups is 1. The molecule has 2 N–H and O–H groups in total. The molecule has 2 atom stereocenters. The summed E-state index contributed by atoms with van der Waals surface area (Å²) in [5, 5.41) is 7.18. The van der Waals surface area contributed by atoms with Crippen LogP contribution in [-0.4, -0.2) is 29.2 Å². The molecule has 1 aromatic heterocycles. The second-order valence-electron chi connectivity index (χ2n) is 6.63. The van der Waals surface area contributed by atoms with Gasteiger partial charge in [0.05, 0.1) is 11.9 Å². The Kier molecular flexibility index (Phi) is 4.29. The van der Waals surface area contributed by atoms with Gasteiger partial charge in [-0.15, -0.1) is 0 Å². The predicted octanol–water partition coefficient (Wildman–Crippen LogP) is 3.01. The molecular weight excluding hydrogens is 280 g/mol. The molecule has 1 saturated heterocycles. The molecule has 1 aliphatic carbocycles. The number of nitrogens with zero attached hydrogens (tertiary/aromatic N) is 2. The molecule has 4 nitrogen and oxygen atoms in total. The van der Waals surface area contributed by atoms with E-state index in [4.69, 9.17) is 12.2 Å². The Morgan fingerprint density at radius 1 is 1.24 bits per heavy atom. The zero-order valence-electron chi connectivity index (χ0n) is 12.8. The third-order valence-corrected chi connectivity index (χ3v) is 4.33. The van der Waals surface area contributed by atoms with Gasteiger partial charge in [-0.3, -0.25) is 0 Å². The smallest absolute Gasteiger partial charge is 0.171 e. The summed E-state index contributed by atoms with van der Waals surface area (Å²) < 4.78 is 0. The summed E-state index contributed by atoms with van der Waals surface area (Å²) in [6.45, 7) is 6.85. The van der Waals surface area contributed by atoms with Crippen LogP contribution in [0.15, 0.2) is 18.3 Å². The maximum absolute atomic E-state index is 5.28. The normalized spacial score (nSPS) is 25.5. The average molecular weight is 304 g/mol. The largest absolute Gasteiger partial charge is 0.360 e. The molecule has 1 aliphatic heterocycles. The van der Waals surface area contributed by atoms with Gasteiger partial charge in [0.25, 0.3) is 0 Å². The van der Waals surface area contributed by atoms with Crippen LogP contribution in [0, 0.1) is 11.8 Å². The molecule has 114 valence electrons. The second kappa shape index (κ2) is 6.18. The van der Waals surface area contributed by atoms with Gasteiger partial charge < -0.3 is 15.5 Å². The van der Waals surface area contributed by atoms with Gasteiger partial charge in [-0.2, -0.15) is 0 Å².